The van der Waals surface area contributed by atoms with E-state index < -0.39 is 17.5 Å². The fourth-order valence-corrected chi connectivity index (χ4v) is 5.24. The molecule has 2 atom stereocenters. The van der Waals surface area contributed by atoms with E-state index in [1.807, 2.05) is 20.8 Å². The molecular formula is C26H39N5O5S. The molecule has 37 heavy (non-hydrogen) atoms. The van der Waals surface area contributed by atoms with Gasteiger partial charge in [-0.05, 0) is 25.2 Å². The third-order valence-corrected chi connectivity index (χ3v) is 7.37. The molecule has 2 N–H and O–H groups in total. The molecule has 10 nitrogen and oxygen atoms in total. The molecule has 204 valence electrons. The van der Waals surface area contributed by atoms with Crippen LogP contribution in [-0.4, -0.2) is 82.9 Å². The van der Waals surface area contributed by atoms with Crippen LogP contribution in [0.2, 0.25) is 0 Å². The number of morpholine rings is 1. The van der Waals surface area contributed by atoms with E-state index in [4.69, 9.17) is 9.15 Å². The first kappa shape index (κ1) is 29.1. The number of hydrogen-bond acceptors (Lipinski definition) is 9. The number of aromatic nitrogens is 2. The summed E-state index contributed by atoms with van der Waals surface area (Å²) in [7, 11) is 0. The minimum absolute atomic E-state index is 0.255. The predicted molar refractivity (Wildman–Crippen MR) is 140 cm³/mol. The van der Waals surface area contributed by atoms with Gasteiger partial charge in [-0.15, -0.1) is 10.2 Å². The number of rotatable bonds is 11. The molecule has 2 aliphatic rings. The average molecular weight is 534 g/mol. The largest absolute Gasteiger partial charge is 0.416 e. The summed E-state index contributed by atoms with van der Waals surface area (Å²) in [5.41, 5.74) is -1.03. The highest BCUT2D eigenvalue weighted by Gasteiger charge is 2.41. The zero-order chi connectivity index (χ0) is 26.7. The van der Waals surface area contributed by atoms with Gasteiger partial charge < -0.3 is 24.6 Å². The number of aldehydes is 1. The SMILES string of the molecule is CC(C=O)CC(Cc1nnc(SC(C)C)o1)NC(=O)C1(NC(=O)C#CCN2CCOCC2)CCCCC1. The third kappa shape index (κ3) is 9.43. The van der Waals surface area contributed by atoms with Gasteiger partial charge in [-0.2, -0.15) is 0 Å². The lowest BCUT2D eigenvalue weighted by molar-refractivity contribution is -0.134. The van der Waals surface area contributed by atoms with Crippen molar-refractivity contribution >= 4 is 29.9 Å². The standard InChI is InChI=1S/C26H39N5O5S/c1-19(2)37-25-30-29-23(36-25)17-21(16-20(3)18-32)27-24(34)26(9-5-4-6-10-26)28-22(33)8-7-11-31-12-14-35-15-13-31/h18-21H,4-6,9-17H2,1-3H3,(H,27,34)(H,28,33). The molecule has 2 fully saturated rings. The highest BCUT2D eigenvalue weighted by atomic mass is 32.2. The molecule has 1 aliphatic heterocycles. The minimum atomic E-state index is -1.03. The van der Waals surface area contributed by atoms with Gasteiger partial charge in [0.1, 0.15) is 11.8 Å². The number of carbonyl (C=O) groups excluding carboxylic acids is 3. The van der Waals surface area contributed by atoms with Crippen molar-refractivity contribution in [1.82, 2.24) is 25.7 Å². The summed E-state index contributed by atoms with van der Waals surface area (Å²) in [5.74, 6) is 5.04. The lowest BCUT2D eigenvalue weighted by atomic mass is 9.80. The Labute approximate surface area is 223 Å². The Hall–Kier alpha value is -2.42. The molecule has 1 saturated heterocycles. The fourth-order valence-electron chi connectivity index (χ4n) is 4.61. The first-order valence-corrected chi connectivity index (χ1v) is 14.0. The maximum Gasteiger partial charge on any atom is 0.296 e. The van der Waals surface area contributed by atoms with Crippen molar-refractivity contribution in [3.63, 3.8) is 0 Å². The Morgan fingerprint density at radius 3 is 2.57 bits per heavy atom. The second-order valence-corrected chi connectivity index (χ2v) is 11.7. The summed E-state index contributed by atoms with van der Waals surface area (Å²) in [4.78, 5) is 39.9. The highest BCUT2D eigenvalue weighted by molar-refractivity contribution is 7.99. The molecule has 2 unspecified atom stereocenters. The predicted octanol–water partition coefficient (Wildman–Crippen LogP) is 1.98. The van der Waals surface area contributed by atoms with Crippen molar-refractivity contribution < 1.29 is 23.5 Å². The van der Waals surface area contributed by atoms with E-state index >= 15 is 0 Å². The van der Waals surface area contributed by atoms with Crippen LogP contribution < -0.4 is 10.6 Å². The molecule has 1 aliphatic carbocycles. The van der Waals surface area contributed by atoms with Crippen LogP contribution in [0.25, 0.3) is 0 Å². The molecular weight excluding hydrogens is 494 g/mol. The lowest BCUT2D eigenvalue weighted by Gasteiger charge is -2.37. The molecule has 0 radical (unpaired) electrons. The zero-order valence-electron chi connectivity index (χ0n) is 22.1. The van der Waals surface area contributed by atoms with Crippen molar-refractivity contribution in [2.24, 2.45) is 5.92 Å². The van der Waals surface area contributed by atoms with E-state index in [0.717, 1.165) is 38.6 Å². The minimum Gasteiger partial charge on any atom is -0.416 e. The van der Waals surface area contributed by atoms with Gasteiger partial charge in [-0.1, -0.05) is 57.7 Å². The van der Waals surface area contributed by atoms with E-state index in [9.17, 15) is 14.4 Å². The number of carbonyl (C=O) groups is 3. The first-order chi connectivity index (χ1) is 17.8. The highest BCUT2D eigenvalue weighted by Crippen LogP contribution is 2.29. The summed E-state index contributed by atoms with van der Waals surface area (Å²) < 4.78 is 11.1. The van der Waals surface area contributed by atoms with Gasteiger partial charge >= 0.3 is 0 Å². The Morgan fingerprint density at radius 1 is 1.16 bits per heavy atom. The smallest absolute Gasteiger partial charge is 0.296 e. The average Bonchev–Trinajstić information content (AvgIpc) is 3.30. The van der Waals surface area contributed by atoms with Crippen molar-refractivity contribution in [1.29, 1.82) is 0 Å². The lowest BCUT2D eigenvalue weighted by Crippen LogP contribution is -2.61. The molecule has 1 aromatic heterocycles. The summed E-state index contributed by atoms with van der Waals surface area (Å²) in [6.07, 6.45) is 5.37. The Morgan fingerprint density at radius 2 is 1.89 bits per heavy atom. The monoisotopic (exact) mass is 533 g/mol. The Bertz CT molecular complexity index is 960. The molecule has 0 aromatic carbocycles. The van der Waals surface area contributed by atoms with Crippen LogP contribution in [0.5, 0.6) is 0 Å². The van der Waals surface area contributed by atoms with Crippen molar-refractivity contribution in [3.8, 4) is 11.8 Å². The molecule has 11 heteroatoms. The van der Waals surface area contributed by atoms with Crippen LogP contribution in [0.4, 0.5) is 0 Å². The normalized spacial score (nSPS) is 19.4. The number of nitrogens with zero attached hydrogens (tertiary/aromatic N) is 3. The van der Waals surface area contributed by atoms with Gasteiger partial charge in [0.15, 0.2) is 0 Å². The first-order valence-electron chi connectivity index (χ1n) is 13.2. The summed E-state index contributed by atoms with van der Waals surface area (Å²) in [6, 6.07) is -0.395. The van der Waals surface area contributed by atoms with Gasteiger partial charge in [-0.25, -0.2) is 0 Å². The number of hydrogen-bond donors (Lipinski definition) is 2. The van der Waals surface area contributed by atoms with Crippen molar-refractivity contribution in [2.45, 2.75) is 87.8 Å². The van der Waals surface area contributed by atoms with E-state index in [1.165, 1.54) is 11.8 Å². The maximum atomic E-state index is 13.6. The van der Waals surface area contributed by atoms with Crippen LogP contribution in [0.1, 0.15) is 65.2 Å². The van der Waals surface area contributed by atoms with Crippen LogP contribution in [0, 0.1) is 17.8 Å². The molecule has 0 bridgehead atoms. The van der Waals surface area contributed by atoms with Crippen molar-refractivity contribution in [2.75, 3.05) is 32.8 Å². The topological polar surface area (TPSA) is 127 Å². The molecule has 2 heterocycles. The van der Waals surface area contributed by atoms with Crippen LogP contribution >= 0.6 is 11.8 Å². The van der Waals surface area contributed by atoms with Gasteiger partial charge in [0.05, 0.1) is 19.8 Å². The van der Waals surface area contributed by atoms with Gasteiger partial charge in [0.25, 0.3) is 11.1 Å². The van der Waals surface area contributed by atoms with Crippen LogP contribution in [0.3, 0.4) is 0 Å². The number of nitrogens with one attached hydrogen (secondary N) is 2. The Balaban J connectivity index is 1.67. The molecule has 3 rings (SSSR count). The molecule has 1 aromatic rings. The molecule has 0 spiro atoms. The van der Waals surface area contributed by atoms with Gasteiger partial charge in [-0.3, -0.25) is 14.5 Å². The number of thioether (sulfide) groups is 1. The third-order valence-electron chi connectivity index (χ3n) is 6.53. The van der Waals surface area contributed by atoms with Gasteiger partial charge in [0.2, 0.25) is 11.8 Å². The number of amides is 2. The number of ether oxygens (including phenoxy) is 1. The van der Waals surface area contributed by atoms with Crippen molar-refractivity contribution in [3.05, 3.63) is 5.89 Å². The van der Waals surface area contributed by atoms with E-state index in [-0.39, 0.29) is 11.8 Å². The fraction of sp³-hybridized carbons (Fsp3) is 0.731. The van der Waals surface area contributed by atoms with Crippen LogP contribution in [-0.2, 0) is 25.5 Å². The Kier molecular flexibility index (Phi) is 11.4. The molecule has 1 saturated carbocycles. The summed E-state index contributed by atoms with van der Waals surface area (Å²) in [6.45, 7) is 9.29. The maximum absolute atomic E-state index is 13.6. The second-order valence-electron chi connectivity index (χ2n) is 10.1. The van der Waals surface area contributed by atoms with E-state index in [0.29, 0.717) is 61.8 Å². The van der Waals surface area contributed by atoms with Crippen LogP contribution in [0.15, 0.2) is 9.64 Å². The molecule has 2 amide bonds. The summed E-state index contributed by atoms with van der Waals surface area (Å²) >= 11 is 1.47. The van der Waals surface area contributed by atoms with E-state index in [1.54, 1.807) is 0 Å². The van der Waals surface area contributed by atoms with Gasteiger partial charge in [0, 0.05) is 36.7 Å². The quantitative estimate of drug-likeness (QED) is 0.249. The zero-order valence-corrected chi connectivity index (χ0v) is 22.9. The second kappa shape index (κ2) is 14.5. The summed E-state index contributed by atoms with van der Waals surface area (Å²) in [5, 5.41) is 15.0. The van der Waals surface area contributed by atoms with E-state index in [2.05, 4.69) is 37.6 Å².